The molecular formula is C26H26N2O6. The summed E-state index contributed by atoms with van der Waals surface area (Å²) in [7, 11) is 2.92. The molecule has 0 aromatic heterocycles. The van der Waals surface area contributed by atoms with Crippen molar-refractivity contribution in [3.8, 4) is 17.2 Å². The average molecular weight is 463 g/mol. The molecule has 0 radical (unpaired) electrons. The van der Waals surface area contributed by atoms with E-state index in [1.54, 1.807) is 31.4 Å². The van der Waals surface area contributed by atoms with E-state index >= 15 is 0 Å². The standard InChI is InChI=1S/C26H26N2O6/c1-31-20-10-7-17(8-11-20)13-19(14-18-9-12-23-24(15-18)34-16-33-23)27-26(30)28-22-6-4-3-5-21(22)25(29)32-2/h3-12,15,19H,13-14,16H2,1-2H3,(H2,27,28,30)/t19-/m0/s1. The first-order chi connectivity index (χ1) is 16.6. The van der Waals surface area contributed by atoms with Gasteiger partial charge in [0.05, 0.1) is 25.5 Å². The lowest BCUT2D eigenvalue weighted by molar-refractivity contribution is 0.0602. The van der Waals surface area contributed by atoms with Crippen LogP contribution in [0.1, 0.15) is 21.5 Å². The molecule has 1 aliphatic rings. The monoisotopic (exact) mass is 462 g/mol. The molecule has 176 valence electrons. The largest absolute Gasteiger partial charge is 0.497 e. The van der Waals surface area contributed by atoms with E-state index in [-0.39, 0.29) is 18.4 Å². The summed E-state index contributed by atoms with van der Waals surface area (Å²) in [6, 6.07) is 19.5. The van der Waals surface area contributed by atoms with Gasteiger partial charge in [-0.25, -0.2) is 9.59 Å². The summed E-state index contributed by atoms with van der Waals surface area (Å²) in [4.78, 5) is 25.0. The van der Waals surface area contributed by atoms with Gasteiger partial charge in [0.2, 0.25) is 6.79 Å². The zero-order chi connectivity index (χ0) is 23.9. The van der Waals surface area contributed by atoms with Crippen LogP contribution in [-0.2, 0) is 17.6 Å². The topological polar surface area (TPSA) is 95.1 Å². The summed E-state index contributed by atoms with van der Waals surface area (Å²) < 4.78 is 20.9. The number of nitrogens with one attached hydrogen (secondary N) is 2. The summed E-state index contributed by atoms with van der Waals surface area (Å²) in [5.74, 6) is 1.64. The maximum absolute atomic E-state index is 12.9. The van der Waals surface area contributed by atoms with E-state index in [0.717, 1.165) is 16.9 Å². The van der Waals surface area contributed by atoms with Crippen LogP contribution in [-0.4, -0.2) is 39.1 Å². The van der Waals surface area contributed by atoms with Gasteiger partial charge in [-0.15, -0.1) is 0 Å². The lowest BCUT2D eigenvalue weighted by Crippen LogP contribution is -2.41. The molecule has 0 saturated carbocycles. The number of carbonyl (C=O) groups excluding carboxylic acids is 2. The first-order valence-corrected chi connectivity index (χ1v) is 10.8. The number of rotatable bonds is 8. The Morgan fingerprint density at radius 3 is 2.38 bits per heavy atom. The van der Waals surface area contributed by atoms with Gasteiger partial charge in [-0.3, -0.25) is 0 Å². The molecule has 0 aliphatic carbocycles. The Bertz CT molecular complexity index is 1160. The minimum absolute atomic E-state index is 0.203. The molecule has 2 N–H and O–H groups in total. The number of benzene rings is 3. The molecule has 34 heavy (non-hydrogen) atoms. The highest BCUT2D eigenvalue weighted by Gasteiger charge is 2.19. The second-order valence-electron chi connectivity index (χ2n) is 7.78. The van der Waals surface area contributed by atoms with Crippen molar-refractivity contribution in [2.45, 2.75) is 18.9 Å². The molecule has 3 aromatic rings. The highest BCUT2D eigenvalue weighted by atomic mass is 16.7. The van der Waals surface area contributed by atoms with Crippen LogP contribution in [0.5, 0.6) is 17.2 Å². The van der Waals surface area contributed by atoms with Crippen LogP contribution < -0.4 is 24.8 Å². The molecule has 0 saturated heterocycles. The fourth-order valence-electron chi connectivity index (χ4n) is 3.80. The number of esters is 1. The van der Waals surface area contributed by atoms with Gasteiger partial charge in [-0.2, -0.15) is 0 Å². The maximum atomic E-state index is 12.9. The molecule has 1 heterocycles. The van der Waals surface area contributed by atoms with Gasteiger partial charge in [0, 0.05) is 6.04 Å². The van der Waals surface area contributed by atoms with Crippen molar-refractivity contribution in [2.24, 2.45) is 0 Å². The number of fused-ring (bicyclic) bond motifs is 1. The molecule has 0 fully saturated rings. The van der Waals surface area contributed by atoms with Gasteiger partial charge in [0.15, 0.2) is 11.5 Å². The number of ether oxygens (including phenoxy) is 4. The Hall–Kier alpha value is -4.20. The van der Waals surface area contributed by atoms with Gasteiger partial charge in [0.25, 0.3) is 0 Å². The Morgan fingerprint density at radius 1 is 0.912 bits per heavy atom. The van der Waals surface area contributed by atoms with Crippen LogP contribution in [0.4, 0.5) is 10.5 Å². The molecule has 3 aromatic carbocycles. The van der Waals surface area contributed by atoms with Crippen molar-refractivity contribution in [3.05, 3.63) is 83.4 Å². The predicted molar refractivity (Wildman–Crippen MR) is 127 cm³/mol. The fraction of sp³-hybridized carbons (Fsp3) is 0.231. The minimum atomic E-state index is -0.522. The zero-order valence-corrected chi connectivity index (χ0v) is 19.0. The Labute approximate surface area is 197 Å². The van der Waals surface area contributed by atoms with E-state index in [0.29, 0.717) is 30.0 Å². The third kappa shape index (κ3) is 5.58. The van der Waals surface area contributed by atoms with Crippen LogP contribution in [0.15, 0.2) is 66.7 Å². The number of para-hydroxylation sites is 1. The second-order valence-corrected chi connectivity index (χ2v) is 7.78. The summed E-state index contributed by atoms with van der Waals surface area (Å²) >= 11 is 0. The first-order valence-electron chi connectivity index (χ1n) is 10.8. The van der Waals surface area contributed by atoms with Gasteiger partial charge in [-0.05, 0) is 60.4 Å². The number of anilines is 1. The van der Waals surface area contributed by atoms with Gasteiger partial charge in [-0.1, -0.05) is 30.3 Å². The van der Waals surface area contributed by atoms with Crippen molar-refractivity contribution in [2.75, 3.05) is 26.3 Å². The van der Waals surface area contributed by atoms with Crippen LogP contribution in [0.25, 0.3) is 0 Å². The number of carbonyl (C=O) groups is 2. The van der Waals surface area contributed by atoms with E-state index in [2.05, 4.69) is 10.6 Å². The number of hydrogen-bond acceptors (Lipinski definition) is 6. The molecule has 4 rings (SSSR count). The van der Waals surface area contributed by atoms with Gasteiger partial charge < -0.3 is 29.6 Å². The lowest BCUT2D eigenvalue weighted by Gasteiger charge is -2.20. The first kappa shape index (κ1) is 23.0. The Balaban J connectivity index is 1.51. The van der Waals surface area contributed by atoms with E-state index < -0.39 is 12.0 Å². The predicted octanol–water partition coefficient (Wildman–Crippen LogP) is 4.19. The Morgan fingerprint density at radius 2 is 1.62 bits per heavy atom. The quantitative estimate of drug-likeness (QED) is 0.488. The van der Waals surface area contributed by atoms with Gasteiger partial charge in [0.1, 0.15) is 5.75 Å². The van der Waals surface area contributed by atoms with Crippen LogP contribution in [0.3, 0.4) is 0 Å². The van der Waals surface area contributed by atoms with Crippen molar-refractivity contribution in [1.29, 1.82) is 0 Å². The van der Waals surface area contributed by atoms with E-state index in [1.165, 1.54) is 7.11 Å². The van der Waals surface area contributed by atoms with Crippen molar-refractivity contribution in [1.82, 2.24) is 5.32 Å². The second kappa shape index (κ2) is 10.6. The normalized spacial score (nSPS) is 12.5. The molecule has 8 heteroatoms. The molecule has 0 bridgehead atoms. The molecule has 1 atom stereocenters. The number of amides is 2. The third-order valence-corrected chi connectivity index (χ3v) is 5.48. The highest BCUT2D eigenvalue weighted by molar-refractivity contribution is 6.00. The van der Waals surface area contributed by atoms with Crippen molar-refractivity contribution >= 4 is 17.7 Å². The Kier molecular flexibility index (Phi) is 7.17. The molecule has 0 spiro atoms. The summed E-state index contributed by atoms with van der Waals surface area (Å²) in [6.45, 7) is 0.203. The third-order valence-electron chi connectivity index (χ3n) is 5.48. The fourth-order valence-corrected chi connectivity index (χ4v) is 3.80. The zero-order valence-electron chi connectivity index (χ0n) is 19.0. The van der Waals surface area contributed by atoms with E-state index in [9.17, 15) is 9.59 Å². The smallest absolute Gasteiger partial charge is 0.339 e. The highest BCUT2D eigenvalue weighted by Crippen LogP contribution is 2.33. The van der Waals surface area contributed by atoms with Crippen LogP contribution in [0, 0.1) is 0 Å². The summed E-state index contributed by atoms with van der Waals surface area (Å²) in [5, 5.41) is 5.81. The van der Waals surface area contributed by atoms with Crippen molar-refractivity contribution in [3.63, 3.8) is 0 Å². The number of urea groups is 1. The average Bonchev–Trinajstić information content (AvgIpc) is 3.32. The van der Waals surface area contributed by atoms with Crippen LogP contribution >= 0.6 is 0 Å². The summed E-state index contributed by atoms with van der Waals surface area (Å²) in [6.07, 6.45) is 1.15. The SMILES string of the molecule is COC(=O)c1ccccc1NC(=O)N[C@@H](Cc1ccc(OC)cc1)Cc1ccc2c(c1)OCO2. The van der Waals surface area contributed by atoms with E-state index in [1.807, 2.05) is 42.5 Å². The van der Waals surface area contributed by atoms with Gasteiger partial charge >= 0.3 is 12.0 Å². The molecule has 2 amide bonds. The minimum Gasteiger partial charge on any atom is -0.497 e. The summed E-state index contributed by atoms with van der Waals surface area (Å²) in [5.41, 5.74) is 2.69. The lowest BCUT2D eigenvalue weighted by atomic mass is 9.98. The maximum Gasteiger partial charge on any atom is 0.339 e. The van der Waals surface area contributed by atoms with Crippen LogP contribution in [0.2, 0.25) is 0 Å². The number of methoxy groups -OCH3 is 2. The number of hydrogen-bond donors (Lipinski definition) is 2. The molecular weight excluding hydrogens is 436 g/mol. The molecule has 8 nitrogen and oxygen atoms in total. The molecule has 1 aliphatic heterocycles. The van der Waals surface area contributed by atoms with E-state index in [4.69, 9.17) is 18.9 Å². The van der Waals surface area contributed by atoms with Crippen molar-refractivity contribution < 1.29 is 28.5 Å². The molecule has 0 unspecified atom stereocenters.